The highest BCUT2D eigenvalue weighted by Crippen LogP contribution is 2.20. The number of likely N-dealkylation sites (tertiary alicyclic amines) is 1. The third kappa shape index (κ3) is 1.67. The minimum absolute atomic E-state index is 0.0415. The van der Waals surface area contributed by atoms with Crippen molar-refractivity contribution in [2.45, 2.75) is 12.5 Å². The lowest BCUT2D eigenvalue weighted by Crippen LogP contribution is -2.35. The average molecular weight is 229 g/mol. The number of carbonyl (C=O) groups excluding carboxylic acids is 1. The minimum atomic E-state index is -0.303. The van der Waals surface area contributed by atoms with Gasteiger partial charge in [0.15, 0.2) is 0 Å². The molecule has 0 radical (unpaired) electrons. The summed E-state index contributed by atoms with van der Waals surface area (Å²) >= 11 is 3.07. The Morgan fingerprint density at radius 3 is 3.08 bits per heavy atom. The number of halogens is 1. The van der Waals surface area contributed by atoms with Gasteiger partial charge in [0.1, 0.15) is 6.04 Å². The van der Waals surface area contributed by atoms with Crippen LogP contribution in [-0.2, 0) is 4.79 Å². The van der Waals surface area contributed by atoms with E-state index in [2.05, 4.69) is 28.6 Å². The van der Waals surface area contributed by atoms with Crippen LogP contribution in [-0.4, -0.2) is 28.7 Å². The number of carbonyl (C=O) groups is 1. The van der Waals surface area contributed by atoms with Gasteiger partial charge in [-0.1, -0.05) is 28.1 Å². The molecule has 4 heteroatoms. The molecule has 12 heavy (non-hydrogen) atoms. The minimum Gasteiger partial charge on any atom is -0.322 e. The molecule has 1 amide bonds. The van der Waals surface area contributed by atoms with Crippen molar-refractivity contribution in [1.82, 2.24) is 4.90 Å². The van der Waals surface area contributed by atoms with Crippen LogP contribution >= 0.6 is 15.9 Å². The summed E-state index contributed by atoms with van der Waals surface area (Å²) in [6, 6.07) is 1.78. The fourth-order valence-electron chi connectivity index (χ4n) is 1.25. The molecule has 1 aliphatic heterocycles. The standard InChI is InChI=1S/C8H9BrN2O/c1-6-2-7(4-10)11(5-6)8(12)3-9/h7H,1-3,5H2/t7-/m0/s1. The number of nitrogens with zero attached hydrogens (tertiary/aromatic N) is 2. The van der Waals surface area contributed by atoms with E-state index in [0.717, 1.165) is 5.57 Å². The van der Waals surface area contributed by atoms with Gasteiger partial charge in [-0.05, 0) is 0 Å². The van der Waals surface area contributed by atoms with Crippen LogP contribution in [0.2, 0.25) is 0 Å². The molecule has 1 saturated heterocycles. The van der Waals surface area contributed by atoms with Crippen LogP contribution in [0.25, 0.3) is 0 Å². The summed E-state index contributed by atoms with van der Waals surface area (Å²) in [5.41, 5.74) is 0.954. The third-order valence-electron chi connectivity index (χ3n) is 1.84. The van der Waals surface area contributed by atoms with E-state index >= 15 is 0 Å². The molecule has 0 aromatic heterocycles. The third-order valence-corrected chi connectivity index (χ3v) is 2.32. The molecular formula is C8H9BrN2O. The first-order chi connectivity index (χ1) is 5.69. The summed E-state index contributed by atoms with van der Waals surface area (Å²) in [5.74, 6) is -0.0415. The zero-order valence-electron chi connectivity index (χ0n) is 6.59. The highest BCUT2D eigenvalue weighted by Gasteiger charge is 2.29. The summed E-state index contributed by atoms with van der Waals surface area (Å²) in [6.07, 6.45) is 0.620. The highest BCUT2D eigenvalue weighted by atomic mass is 79.9. The number of rotatable bonds is 1. The quantitative estimate of drug-likeness (QED) is 0.498. The van der Waals surface area contributed by atoms with E-state index in [-0.39, 0.29) is 17.3 Å². The van der Waals surface area contributed by atoms with Crippen molar-refractivity contribution in [2.75, 3.05) is 11.9 Å². The molecule has 0 aromatic carbocycles. The first-order valence-electron chi connectivity index (χ1n) is 3.60. The Bertz CT molecular complexity index is 256. The van der Waals surface area contributed by atoms with Gasteiger partial charge in [0, 0.05) is 13.0 Å². The van der Waals surface area contributed by atoms with Gasteiger partial charge in [0.25, 0.3) is 0 Å². The Hall–Kier alpha value is -0.820. The predicted octanol–water partition coefficient (Wildman–Crippen LogP) is 1.06. The molecule has 1 heterocycles. The Balaban J connectivity index is 2.71. The number of nitriles is 1. The largest absolute Gasteiger partial charge is 0.322 e. The lowest BCUT2D eigenvalue weighted by Gasteiger charge is -2.17. The molecule has 3 nitrogen and oxygen atoms in total. The predicted molar refractivity (Wildman–Crippen MR) is 48.7 cm³/mol. The molecule has 0 spiro atoms. The fourth-order valence-corrected chi connectivity index (χ4v) is 1.58. The van der Waals surface area contributed by atoms with Gasteiger partial charge in [0.2, 0.25) is 5.91 Å². The summed E-state index contributed by atoms with van der Waals surface area (Å²) in [6.45, 7) is 4.29. The maximum absolute atomic E-state index is 11.2. The summed E-state index contributed by atoms with van der Waals surface area (Å²) in [5, 5.41) is 8.97. The molecule has 0 N–H and O–H groups in total. The van der Waals surface area contributed by atoms with Crippen LogP contribution in [0.15, 0.2) is 12.2 Å². The highest BCUT2D eigenvalue weighted by molar-refractivity contribution is 9.09. The Labute approximate surface area is 79.8 Å². The molecule has 1 atom stereocenters. The first-order valence-corrected chi connectivity index (χ1v) is 4.73. The van der Waals surface area contributed by atoms with E-state index in [1.165, 1.54) is 0 Å². The van der Waals surface area contributed by atoms with Crippen molar-refractivity contribution < 1.29 is 4.79 Å². The van der Waals surface area contributed by atoms with Crippen LogP contribution in [0.5, 0.6) is 0 Å². The lowest BCUT2D eigenvalue weighted by atomic mass is 10.2. The van der Waals surface area contributed by atoms with Gasteiger partial charge < -0.3 is 4.90 Å². The van der Waals surface area contributed by atoms with Gasteiger partial charge in [-0.3, -0.25) is 4.79 Å². The number of hydrogen-bond acceptors (Lipinski definition) is 2. The average Bonchev–Trinajstić information content (AvgIpc) is 2.45. The second kappa shape index (κ2) is 3.72. The molecule has 1 fully saturated rings. The maximum Gasteiger partial charge on any atom is 0.234 e. The van der Waals surface area contributed by atoms with E-state index in [4.69, 9.17) is 5.26 Å². The number of hydrogen-bond donors (Lipinski definition) is 0. The fraction of sp³-hybridized carbons (Fsp3) is 0.500. The molecule has 0 aromatic rings. The second-order valence-electron chi connectivity index (χ2n) is 2.75. The smallest absolute Gasteiger partial charge is 0.234 e. The van der Waals surface area contributed by atoms with E-state index in [9.17, 15) is 4.79 Å². The molecule has 0 bridgehead atoms. The summed E-state index contributed by atoms with van der Waals surface area (Å²) in [4.78, 5) is 12.8. The monoisotopic (exact) mass is 228 g/mol. The molecular weight excluding hydrogens is 220 g/mol. The SMILES string of the molecule is C=C1C[C@@H](C#N)N(C(=O)CBr)C1. The second-order valence-corrected chi connectivity index (χ2v) is 3.32. The van der Waals surface area contributed by atoms with Crippen molar-refractivity contribution in [3.05, 3.63) is 12.2 Å². The maximum atomic E-state index is 11.2. The van der Waals surface area contributed by atoms with Crippen LogP contribution in [0.3, 0.4) is 0 Å². The van der Waals surface area contributed by atoms with Gasteiger partial charge in [0.05, 0.1) is 11.4 Å². The van der Waals surface area contributed by atoms with E-state index in [1.54, 1.807) is 4.90 Å². The van der Waals surface area contributed by atoms with Crippen molar-refractivity contribution in [1.29, 1.82) is 5.26 Å². The van der Waals surface area contributed by atoms with Crippen LogP contribution in [0.4, 0.5) is 0 Å². The molecule has 1 aliphatic rings. The summed E-state index contributed by atoms with van der Waals surface area (Å²) in [7, 11) is 0. The van der Waals surface area contributed by atoms with E-state index in [0.29, 0.717) is 13.0 Å². The van der Waals surface area contributed by atoms with Crippen molar-refractivity contribution in [2.24, 2.45) is 0 Å². The van der Waals surface area contributed by atoms with E-state index in [1.807, 2.05) is 0 Å². The Morgan fingerprint density at radius 2 is 2.58 bits per heavy atom. The normalized spacial score (nSPS) is 22.5. The molecule has 0 saturated carbocycles. The zero-order valence-corrected chi connectivity index (χ0v) is 8.17. The molecule has 64 valence electrons. The van der Waals surface area contributed by atoms with Crippen LogP contribution in [0, 0.1) is 11.3 Å². The Morgan fingerprint density at radius 1 is 1.92 bits per heavy atom. The van der Waals surface area contributed by atoms with Crippen molar-refractivity contribution in [3.63, 3.8) is 0 Å². The molecule has 1 rings (SSSR count). The molecule has 0 aliphatic carbocycles. The Kier molecular flexibility index (Phi) is 2.88. The van der Waals surface area contributed by atoms with Gasteiger partial charge in [-0.2, -0.15) is 5.26 Å². The van der Waals surface area contributed by atoms with Gasteiger partial charge >= 0.3 is 0 Å². The lowest BCUT2D eigenvalue weighted by molar-refractivity contribution is -0.128. The topological polar surface area (TPSA) is 44.1 Å². The van der Waals surface area contributed by atoms with Crippen molar-refractivity contribution in [3.8, 4) is 6.07 Å². The zero-order chi connectivity index (χ0) is 9.14. The number of amides is 1. The first kappa shape index (κ1) is 9.27. The van der Waals surface area contributed by atoms with Crippen LogP contribution < -0.4 is 0 Å². The van der Waals surface area contributed by atoms with Gasteiger partial charge in [-0.15, -0.1) is 0 Å². The summed E-state index contributed by atoms with van der Waals surface area (Å²) < 4.78 is 0. The van der Waals surface area contributed by atoms with Crippen molar-refractivity contribution >= 4 is 21.8 Å². The number of alkyl halides is 1. The molecule has 0 unspecified atom stereocenters. The van der Waals surface area contributed by atoms with E-state index < -0.39 is 0 Å². The van der Waals surface area contributed by atoms with Gasteiger partial charge in [-0.25, -0.2) is 0 Å². The van der Waals surface area contributed by atoms with Crippen LogP contribution in [0.1, 0.15) is 6.42 Å².